The van der Waals surface area contributed by atoms with E-state index in [-0.39, 0.29) is 10.3 Å². The van der Waals surface area contributed by atoms with Gasteiger partial charge in [-0.25, -0.2) is 9.97 Å². The van der Waals surface area contributed by atoms with Gasteiger partial charge in [-0.1, -0.05) is 18.2 Å². The van der Waals surface area contributed by atoms with Gasteiger partial charge in [-0.05, 0) is 51.0 Å². The number of nitrogens with one attached hydrogen (secondary N) is 2. The highest BCUT2D eigenvalue weighted by molar-refractivity contribution is 8.01. The molecule has 1 saturated carbocycles. The van der Waals surface area contributed by atoms with Crippen molar-refractivity contribution in [3.63, 3.8) is 0 Å². The summed E-state index contributed by atoms with van der Waals surface area (Å²) in [5.41, 5.74) is 2.09. The third-order valence-electron chi connectivity index (χ3n) is 4.91. The van der Waals surface area contributed by atoms with Crippen LogP contribution in [0.25, 0.3) is 11.4 Å². The summed E-state index contributed by atoms with van der Waals surface area (Å²) >= 11 is 1.94. The summed E-state index contributed by atoms with van der Waals surface area (Å²) in [6.45, 7) is 4.51. The first kappa shape index (κ1) is 17.8. The fraction of sp³-hybridized carbons (Fsp3) is 0.286. The number of aromatic amines is 1. The fourth-order valence-electron chi connectivity index (χ4n) is 2.86. The van der Waals surface area contributed by atoms with E-state index in [1.54, 1.807) is 13.1 Å². The lowest BCUT2D eigenvalue weighted by molar-refractivity contribution is 0.936. The highest BCUT2D eigenvalue weighted by Gasteiger charge is 2.43. The summed E-state index contributed by atoms with van der Waals surface area (Å²) in [5, 5.41) is 3.45. The molecule has 138 valence electrons. The third kappa shape index (κ3) is 4.06. The Bertz CT molecular complexity index is 995. The molecular weight excluding hydrogens is 356 g/mol. The predicted octanol–water partition coefficient (Wildman–Crippen LogP) is 4.19. The Hall–Kier alpha value is -2.60. The van der Waals surface area contributed by atoms with Gasteiger partial charge in [0.25, 0.3) is 5.56 Å². The van der Waals surface area contributed by atoms with Crippen molar-refractivity contribution in [1.82, 2.24) is 15.0 Å². The zero-order valence-corrected chi connectivity index (χ0v) is 16.3. The Kier molecular flexibility index (Phi) is 4.74. The maximum Gasteiger partial charge on any atom is 0.254 e. The molecule has 5 nitrogen and oxygen atoms in total. The lowest BCUT2D eigenvalue weighted by Gasteiger charge is -2.16. The van der Waals surface area contributed by atoms with Gasteiger partial charge in [-0.2, -0.15) is 0 Å². The minimum atomic E-state index is -0.103. The molecule has 3 aromatic rings. The molecule has 4 rings (SSSR count). The van der Waals surface area contributed by atoms with Crippen LogP contribution in [0.15, 0.2) is 58.4 Å². The molecule has 0 bridgehead atoms. The fourth-order valence-corrected chi connectivity index (χ4v) is 4.11. The number of aryl methyl sites for hydroxylation is 1. The van der Waals surface area contributed by atoms with Gasteiger partial charge in [-0.15, -0.1) is 11.8 Å². The summed E-state index contributed by atoms with van der Waals surface area (Å²) in [7, 11) is 0. The first-order chi connectivity index (χ1) is 13.0. The molecule has 0 unspecified atom stereocenters. The van der Waals surface area contributed by atoms with Crippen molar-refractivity contribution < 1.29 is 0 Å². The van der Waals surface area contributed by atoms with Crippen molar-refractivity contribution in [3.05, 3.63) is 70.3 Å². The SMILES string of the molecule is Cc1nc(-c2ccc(NCC3(Sc4ccccc4)CC3)nc2)[nH]c(=O)c1C. The van der Waals surface area contributed by atoms with E-state index in [0.29, 0.717) is 11.4 Å². The molecule has 1 fully saturated rings. The zero-order chi connectivity index (χ0) is 18.9. The third-order valence-corrected chi connectivity index (χ3v) is 6.40. The molecule has 2 heterocycles. The maximum atomic E-state index is 11.9. The molecule has 6 heteroatoms. The molecule has 2 aromatic heterocycles. The molecule has 1 aliphatic carbocycles. The molecular formula is C21H22N4OS. The van der Waals surface area contributed by atoms with E-state index >= 15 is 0 Å². The van der Waals surface area contributed by atoms with Gasteiger partial charge in [0, 0.05) is 39.2 Å². The van der Waals surface area contributed by atoms with Gasteiger partial charge >= 0.3 is 0 Å². The molecule has 0 aliphatic heterocycles. The van der Waals surface area contributed by atoms with Crippen LogP contribution < -0.4 is 10.9 Å². The van der Waals surface area contributed by atoms with Crippen LogP contribution in [-0.2, 0) is 0 Å². The molecule has 27 heavy (non-hydrogen) atoms. The van der Waals surface area contributed by atoms with Gasteiger partial charge in [0.2, 0.25) is 0 Å². The second kappa shape index (κ2) is 7.19. The Morgan fingerprint density at radius 3 is 2.56 bits per heavy atom. The van der Waals surface area contributed by atoms with Crippen molar-refractivity contribution in [2.45, 2.75) is 36.3 Å². The number of H-pyrrole nitrogens is 1. The lowest BCUT2D eigenvalue weighted by Crippen LogP contribution is -2.18. The summed E-state index contributed by atoms with van der Waals surface area (Å²) in [5.74, 6) is 1.39. The molecule has 0 atom stereocenters. The maximum absolute atomic E-state index is 11.9. The molecule has 1 aliphatic rings. The number of aromatic nitrogens is 3. The molecule has 0 spiro atoms. The molecule has 0 radical (unpaired) electrons. The van der Waals surface area contributed by atoms with Gasteiger partial charge < -0.3 is 10.3 Å². The van der Waals surface area contributed by atoms with E-state index in [0.717, 1.165) is 23.6 Å². The minimum Gasteiger partial charge on any atom is -0.369 e. The first-order valence-corrected chi connectivity index (χ1v) is 9.88. The van der Waals surface area contributed by atoms with Crippen molar-refractivity contribution in [1.29, 1.82) is 0 Å². The Balaban J connectivity index is 1.42. The Labute approximate surface area is 162 Å². The quantitative estimate of drug-likeness (QED) is 0.673. The highest BCUT2D eigenvalue weighted by Crippen LogP contribution is 2.51. The molecule has 0 saturated heterocycles. The van der Waals surface area contributed by atoms with Crippen molar-refractivity contribution in [2.75, 3.05) is 11.9 Å². The standard InChI is InChI=1S/C21H22N4OS/c1-14-15(2)24-19(25-20(14)26)16-8-9-18(22-12-16)23-13-21(10-11-21)27-17-6-4-3-5-7-17/h3-9,12H,10-11,13H2,1-2H3,(H,22,23)(H,24,25,26). The van der Waals surface area contributed by atoms with Crippen LogP contribution in [0.5, 0.6) is 0 Å². The van der Waals surface area contributed by atoms with Crippen molar-refractivity contribution in [2.24, 2.45) is 0 Å². The van der Waals surface area contributed by atoms with Crippen LogP contribution in [0.4, 0.5) is 5.82 Å². The minimum absolute atomic E-state index is 0.103. The second-order valence-corrected chi connectivity index (χ2v) is 8.55. The topological polar surface area (TPSA) is 70.7 Å². The summed E-state index contributed by atoms with van der Waals surface area (Å²) in [4.78, 5) is 25.0. The van der Waals surface area contributed by atoms with Gasteiger partial charge in [-0.3, -0.25) is 4.79 Å². The van der Waals surface area contributed by atoms with Gasteiger partial charge in [0.15, 0.2) is 0 Å². The van der Waals surface area contributed by atoms with E-state index in [9.17, 15) is 4.79 Å². The number of thioether (sulfide) groups is 1. The second-order valence-electron chi connectivity index (χ2n) is 7.01. The number of nitrogens with zero attached hydrogens (tertiary/aromatic N) is 2. The molecule has 0 amide bonds. The number of hydrogen-bond donors (Lipinski definition) is 2. The number of rotatable bonds is 6. The Morgan fingerprint density at radius 1 is 1.15 bits per heavy atom. The van der Waals surface area contributed by atoms with E-state index in [1.165, 1.54) is 17.7 Å². The van der Waals surface area contributed by atoms with E-state index < -0.39 is 0 Å². The van der Waals surface area contributed by atoms with E-state index in [1.807, 2.05) is 36.9 Å². The van der Waals surface area contributed by atoms with E-state index in [4.69, 9.17) is 0 Å². The van der Waals surface area contributed by atoms with Crippen LogP contribution in [0, 0.1) is 13.8 Å². The van der Waals surface area contributed by atoms with Crippen LogP contribution in [0.3, 0.4) is 0 Å². The predicted molar refractivity (Wildman–Crippen MR) is 110 cm³/mol. The van der Waals surface area contributed by atoms with Crippen molar-refractivity contribution >= 4 is 17.6 Å². The largest absolute Gasteiger partial charge is 0.369 e. The number of pyridine rings is 1. The number of benzene rings is 1. The van der Waals surface area contributed by atoms with E-state index in [2.05, 4.69) is 44.5 Å². The normalized spacial score (nSPS) is 14.7. The average Bonchev–Trinajstić information content (AvgIpc) is 3.45. The lowest BCUT2D eigenvalue weighted by atomic mass is 10.2. The average molecular weight is 379 g/mol. The van der Waals surface area contributed by atoms with Crippen LogP contribution in [0.2, 0.25) is 0 Å². The summed E-state index contributed by atoms with van der Waals surface area (Å²) < 4.78 is 0.266. The monoisotopic (exact) mass is 378 g/mol. The zero-order valence-electron chi connectivity index (χ0n) is 15.5. The number of anilines is 1. The highest BCUT2D eigenvalue weighted by atomic mass is 32.2. The summed E-state index contributed by atoms with van der Waals surface area (Å²) in [6, 6.07) is 14.4. The smallest absolute Gasteiger partial charge is 0.254 e. The van der Waals surface area contributed by atoms with Crippen molar-refractivity contribution in [3.8, 4) is 11.4 Å². The Morgan fingerprint density at radius 2 is 1.93 bits per heavy atom. The first-order valence-electron chi connectivity index (χ1n) is 9.07. The summed E-state index contributed by atoms with van der Waals surface area (Å²) in [6.07, 6.45) is 4.18. The van der Waals surface area contributed by atoms with Gasteiger partial charge in [0.1, 0.15) is 11.6 Å². The molecule has 2 N–H and O–H groups in total. The molecule has 1 aromatic carbocycles. The van der Waals surface area contributed by atoms with Gasteiger partial charge in [0.05, 0.1) is 0 Å². The van der Waals surface area contributed by atoms with Crippen LogP contribution >= 0.6 is 11.8 Å². The van der Waals surface area contributed by atoms with Crippen LogP contribution in [0.1, 0.15) is 24.1 Å². The number of hydrogen-bond acceptors (Lipinski definition) is 5. The van der Waals surface area contributed by atoms with Crippen LogP contribution in [-0.4, -0.2) is 26.2 Å².